The summed E-state index contributed by atoms with van der Waals surface area (Å²) in [5.41, 5.74) is 0.0672. The van der Waals surface area contributed by atoms with E-state index in [2.05, 4.69) is 28.8 Å². The number of carbonyl (C=O) groups is 1. The lowest BCUT2D eigenvalue weighted by atomic mass is 9.93. The molecular weight excluding hydrogens is 168 g/mol. The minimum atomic E-state index is -0.369. The van der Waals surface area contributed by atoms with Crippen LogP contribution >= 0.6 is 0 Å². The smallest absolute Gasteiger partial charge is 0.406 e. The van der Waals surface area contributed by atoms with Crippen LogP contribution in [0.1, 0.15) is 13.8 Å². The fraction of sp³-hybridized carbons (Fsp3) is 0.889. The predicted octanol–water partition coefficient (Wildman–Crippen LogP) is 0.930. The van der Waals surface area contributed by atoms with Crippen LogP contribution in [0.3, 0.4) is 0 Å². The Morgan fingerprint density at radius 3 is 2.38 bits per heavy atom. The SMILES string of the molecule is COC(=O)NCC(C)(C)CN(C)C. The van der Waals surface area contributed by atoms with Gasteiger partial charge in [-0.25, -0.2) is 4.79 Å². The summed E-state index contributed by atoms with van der Waals surface area (Å²) in [7, 11) is 5.40. The largest absolute Gasteiger partial charge is 0.453 e. The summed E-state index contributed by atoms with van der Waals surface area (Å²) in [6.45, 7) is 5.75. The number of methoxy groups -OCH3 is 1. The Balaban J connectivity index is 3.81. The van der Waals surface area contributed by atoms with Gasteiger partial charge >= 0.3 is 6.09 Å². The third-order valence-electron chi connectivity index (χ3n) is 1.64. The van der Waals surface area contributed by atoms with Gasteiger partial charge in [0.05, 0.1) is 7.11 Å². The number of ether oxygens (including phenoxy) is 1. The average Bonchev–Trinajstić information content (AvgIpc) is 1.98. The summed E-state index contributed by atoms with van der Waals surface area (Å²) in [5.74, 6) is 0. The van der Waals surface area contributed by atoms with Gasteiger partial charge in [-0.2, -0.15) is 0 Å². The molecule has 0 heterocycles. The van der Waals surface area contributed by atoms with Crippen molar-refractivity contribution in [1.82, 2.24) is 10.2 Å². The highest BCUT2D eigenvalue weighted by Crippen LogP contribution is 2.13. The fourth-order valence-corrected chi connectivity index (χ4v) is 1.30. The van der Waals surface area contributed by atoms with Gasteiger partial charge in [-0.15, -0.1) is 0 Å². The van der Waals surface area contributed by atoms with Gasteiger partial charge in [-0.3, -0.25) is 0 Å². The van der Waals surface area contributed by atoms with E-state index in [9.17, 15) is 4.79 Å². The Morgan fingerprint density at radius 2 is 2.00 bits per heavy atom. The van der Waals surface area contributed by atoms with Crippen molar-refractivity contribution < 1.29 is 9.53 Å². The molecule has 0 aromatic heterocycles. The first-order valence-corrected chi connectivity index (χ1v) is 4.34. The number of amides is 1. The molecule has 13 heavy (non-hydrogen) atoms. The van der Waals surface area contributed by atoms with E-state index in [1.54, 1.807) is 0 Å². The summed E-state index contributed by atoms with van der Waals surface area (Å²) >= 11 is 0. The molecule has 0 spiro atoms. The third kappa shape index (κ3) is 6.40. The van der Waals surface area contributed by atoms with Gasteiger partial charge in [-0.05, 0) is 19.5 Å². The summed E-state index contributed by atoms with van der Waals surface area (Å²) in [5, 5.41) is 2.69. The van der Waals surface area contributed by atoms with E-state index in [0.717, 1.165) is 6.54 Å². The van der Waals surface area contributed by atoms with Crippen LogP contribution in [-0.2, 0) is 4.74 Å². The maximum atomic E-state index is 10.8. The molecule has 1 amide bonds. The zero-order valence-corrected chi connectivity index (χ0v) is 9.18. The van der Waals surface area contributed by atoms with Gasteiger partial charge in [-0.1, -0.05) is 13.8 Å². The molecule has 0 aliphatic carbocycles. The lowest BCUT2D eigenvalue weighted by Gasteiger charge is -2.28. The molecule has 4 nitrogen and oxygen atoms in total. The average molecular weight is 188 g/mol. The Labute approximate surface area is 80.2 Å². The first-order valence-electron chi connectivity index (χ1n) is 4.34. The molecular formula is C9H20N2O2. The van der Waals surface area contributed by atoms with Crippen molar-refractivity contribution >= 4 is 6.09 Å². The number of alkyl carbamates (subject to hydrolysis) is 1. The summed E-state index contributed by atoms with van der Waals surface area (Å²) in [4.78, 5) is 12.9. The lowest BCUT2D eigenvalue weighted by Crippen LogP contribution is -2.39. The van der Waals surface area contributed by atoms with E-state index in [-0.39, 0.29) is 11.5 Å². The number of carbonyl (C=O) groups excluding carboxylic acids is 1. The van der Waals surface area contributed by atoms with Crippen molar-refractivity contribution in [2.75, 3.05) is 34.3 Å². The van der Waals surface area contributed by atoms with Gasteiger partial charge in [0.25, 0.3) is 0 Å². The molecule has 0 aliphatic rings. The first-order chi connectivity index (χ1) is 5.87. The molecule has 0 fully saturated rings. The topological polar surface area (TPSA) is 41.6 Å². The highest BCUT2D eigenvalue weighted by molar-refractivity contribution is 5.66. The molecule has 0 aliphatic heterocycles. The Hall–Kier alpha value is -0.770. The van der Waals surface area contributed by atoms with Gasteiger partial charge in [0.1, 0.15) is 0 Å². The summed E-state index contributed by atoms with van der Waals surface area (Å²) in [6.07, 6.45) is -0.369. The molecule has 0 aromatic rings. The van der Waals surface area contributed by atoms with Crippen molar-refractivity contribution in [3.05, 3.63) is 0 Å². The minimum absolute atomic E-state index is 0.0672. The quantitative estimate of drug-likeness (QED) is 0.713. The number of hydrogen-bond acceptors (Lipinski definition) is 3. The third-order valence-corrected chi connectivity index (χ3v) is 1.64. The van der Waals surface area contributed by atoms with Gasteiger partial charge in [0.2, 0.25) is 0 Å². The molecule has 78 valence electrons. The minimum Gasteiger partial charge on any atom is -0.453 e. The van der Waals surface area contributed by atoms with Crippen LogP contribution < -0.4 is 5.32 Å². The highest BCUT2D eigenvalue weighted by atomic mass is 16.5. The second-order valence-electron chi connectivity index (χ2n) is 4.25. The molecule has 0 aromatic carbocycles. The van der Waals surface area contributed by atoms with Crippen molar-refractivity contribution in [2.45, 2.75) is 13.8 Å². The van der Waals surface area contributed by atoms with E-state index in [1.807, 2.05) is 14.1 Å². The molecule has 0 radical (unpaired) electrons. The Morgan fingerprint density at radius 1 is 1.46 bits per heavy atom. The number of rotatable bonds is 4. The number of nitrogens with zero attached hydrogens (tertiary/aromatic N) is 1. The molecule has 0 bridgehead atoms. The predicted molar refractivity (Wildman–Crippen MR) is 52.7 cm³/mol. The van der Waals surface area contributed by atoms with E-state index in [0.29, 0.717) is 6.54 Å². The van der Waals surface area contributed by atoms with Crippen molar-refractivity contribution in [1.29, 1.82) is 0 Å². The maximum absolute atomic E-state index is 10.8. The number of nitrogens with one attached hydrogen (secondary N) is 1. The molecule has 4 heteroatoms. The molecule has 0 rings (SSSR count). The Bertz CT molecular complexity index is 167. The summed E-state index contributed by atoms with van der Waals surface area (Å²) < 4.78 is 4.49. The molecule has 1 N–H and O–H groups in total. The highest BCUT2D eigenvalue weighted by Gasteiger charge is 2.19. The van der Waals surface area contributed by atoms with Crippen LogP contribution in [0.25, 0.3) is 0 Å². The Kier molecular flexibility index (Phi) is 4.77. The molecule has 0 saturated heterocycles. The van der Waals surface area contributed by atoms with E-state index in [4.69, 9.17) is 0 Å². The molecule has 0 unspecified atom stereocenters. The van der Waals surface area contributed by atoms with Crippen LogP contribution in [-0.4, -0.2) is 45.3 Å². The lowest BCUT2D eigenvalue weighted by molar-refractivity contribution is 0.160. The van der Waals surface area contributed by atoms with E-state index < -0.39 is 0 Å². The van der Waals surface area contributed by atoms with Crippen LogP contribution in [0.15, 0.2) is 0 Å². The van der Waals surface area contributed by atoms with Crippen LogP contribution in [0.4, 0.5) is 4.79 Å². The van der Waals surface area contributed by atoms with Crippen LogP contribution in [0, 0.1) is 5.41 Å². The second-order valence-corrected chi connectivity index (χ2v) is 4.25. The van der Waals surface area contributed by atoms with Gasteiger partial charge in [0.15, 0.2) is 0 Å². The second kappa shape index (κ2) is 5.07. The standard InChI is InChI=1S/C9H20N2O2/c1-9(2,7-11(3)4)6-10-8(12)13-5/h6-7H2,1-5H3,(H,10,12). The normalized spacial score (nSPS) is 11.5. The maximum Gasteiger partial charge on any atom is 0.406 e. The van der Waals surface area contributed by atoms with Crippen molar-refractivity contribution in [2.24, 2.45) is 5.41 Å². The van der Waals surface area contributed by atoms with Crippen LogP contribution in [0.5, 0.6) is 0 Å². The zero-order valence-electron chi connectivity index (χ0n) is 9.18. The number of hydrogen-bond donors (Lipinski definition) is 1. The van der Waals surface area contributed by atoms with E-state index in [1.165, 1.54) is 7.11 Å². The molecule has 0 atom stereocenters. The van der Waals surface area contributed by atoms with E-state index >= 15 is 0 Å². The van der Waals surface area contributed by atoms with Crippen molar-refractivity contribution in [3.8, 4) is 0 Å². The first kappa shape index (κ1) is 12.2. The van der Waals surface area contributed by atoms with Gasteiger partial charge < -0.3 is 15.0 Å². The fourth-order valence-electron chi connectivity index (χ4n) is 1.30. The summed E-state index contributed by atoms with van der Waals surface area (Å²) in [6, 6.07) is 0. The zero-order chi connectivity index (χ0) is 10.5. The monoisotopic (exact) mass is 188 g/mol. The molecule has 0 saturated carbocycles. The van der Waals surface area contributed by atoms with Crippen LogP contribution in [0.2, 0.25) is 0 Å². The van der Waals surface area contributed by atoms with Crippen molar-refractivity contribution in [3.63, 3.8) is 0 Å². The van der Waals surface area contributed by atoms with Gasteiger partial charge in [0, 0.05) is 13.1 Å².